The van der Waals surface area contributed by atoms with Crippen molar-refractivity contribution in [1.82, 2.24) is 5.32 Å². The third-order valence-electron chi connectivity index (χ3n) is 2.08. The van der Waals surface area contributed by atoms with Crippen molar-refractivity contribution in [2.75, 3.05) is 6.73 Å². The zero-order valence-electron chi connectivity index (χ0n) is 10.5. The van der Waals surface area contributed by atoms with Gasteiger partial charge in [-0.25, -0.2) is 0 Å². The lowest BCUT2D eigenvalue weighted by Crippen LogP contribution is -2.38. The molecule has 0 saturated carbocycles. The maximum Gasteiger partial charge on any atom is 0.323 e. The molecular formula is C13H19NO3. The van der Waals surface area contributed by atoms with Crippen LogP contribution in [0.2, 0.25) is 0 Å². The number of hydrogen-bond acceptors (Lipinski definition) is 4. The van der Waals surface area contributed by atoms with E-state index in [1.54, 1.807) is 6.92 Å². The maximum absolute atomic E-state index is 11.5. The second-order valence-electron chi connectivity index (χ2n) is 4.01. The van der Waals surface area contributed by atoms with Crippen molar-refractivity contribution in [3.05, 3.63) is 30.3 Å². The number of benzene rings is 1. The first kappa shape index (κ1) is 13.5. The van der Waals surface area contributed by atoms with Gasteiger partial charge in [0.1, 0.15) is 18.5 Å². The van der Waals surface area contributed by atoms with Gasteiger partial charge in [-0.05, 0) is 32.9 Å². The van der Waals surface area contributed by atoms with E-state index < -0.39 is 0 Å². The largest absolute Gasteiger partial charge is 0.478 e. The number of rotatable bonds is 6. The molecule has 0 saturated heterocycles. The van der Waals surface area contributed by atoms with Crippen LogP contribution in [0.15, 0.2) is 30.3 Å². The van der Waals surface area contributed by atoms with E-state index in [4.69, 9.17) is 9.47 Å². The van der Waals surface area contributed by atoms with Crippen LogP contribution >= 0.6 is 0 Å². The molecule has 0 amide bonds. The average molecular weight is 237 g/mol. The molecule has 1 atom stereocenters. The Balaban J connectivity index is 2.24. The van der Waals surface area contributed by atoms with Gasteiger partial charge in [0.05, 0.1) is 6.10 Å². The summed E-state index contributed by atoms with van der Waals surface area (Å²) in [5.74, 6) is 0.501. The fourth-order valence-corrected chi connectivity index (χ4v) is 1.18. The summed E-state index contributed by atoms with van der Waals surface area (Å²) in [7, 11) is 0. The standard InChI is InChI=1S/C13H19NO3/c1-10(2)17-13(15)11(3)14-9-16-12-7-5-4-6-8-12/h4-8,10-11,14H,9H2,1-3H3/t11-/m0/s1. The van der Waals surface area contributed by atoms with Gasteiger partial charge in [0.25, 0.3) is 0 Å². The van der Waals surface area contributed by atoms with Crippen LogP contribution in [0.1, 0.15) is 20.8 Å². The van der Waals surface area contributed by atoms with E-state index in [1.165, 1.54) is 0 Å². The van der Waals surface area contributed by atoms with Gasteiger partial charge in [-0.2, -0.15) is 0 Å². The second-order valence-corrected chi connectivity index (χ2v) is 4.01. The minimum absolute atomic E-state index is 0.0956. The fraction of sp³-hybridized carbons (Fsp3) is 0.462. The molecule has 1 rings (SSSR count). The first-order valence-corrected chi connectivity index (χ1v) is 5.71. The Hall–Kier alpha value is -1.55. The minimum atomic E-state index is -0.374. The third kappa shape index (κ3) is 5.36. The van der Waals surface area contributed by atoms with Crippen LogP contribution in [0.5, 0.6) is 5.75 Å². The van der Waals surface area contributed by atoms with Gasteiger partial charge in [0, 0.05) is 0 Å². The van der Waals surface area contributed by atoms with Crippen LogP contribution in [0.4, 0.5) is 0 Å². The molecule has 1 aromatic rings. The summed E-state index contributed by atoms with van der Waals surface area (Å²) in [6.45, 7) is 5.67. The molecule has 0 unspecified atom stereocenters. The van der Waals surface area contributed by atoms with E-state index in [0.717, 1.165) is 5.75 Å². The molecule has 4 nitrogen and oxygen atoms in total. The average Bonchev–Trinajstić information content (AvgIpc) is 2.29. The van der Waals surface area contributed by atoms with Crippen molar-refractivity contribution in [2.24, 2.45) is 0 Å². The lowest BCUT2D eigenvalue weighted by Gasteiger charge is -2.15. The fourth-order valence-electron chi connectivity index (χ4n) is 1.18. The number of hydrogen-bond donors (Lipinski definition) is 1. The number of carbonyl (C=O) groups excluding carboxylic acids is 1. The van der Waals surface area contributed by atoms with Gasteiger partial charge in [0.15, 0.2) is 0 Å². The number of para-hydroxylation sites is 1. The minimum Gasteiger partial charge on any atom is -0.478 e. The van der Waals surface area contributed by atoms with Crippen LogP contribution in [0.25, 0.3) is 0 Å². The Morgan fingerprint density at radius 3 is 2.47 bits per heavy atom. The van der Waals surface area contributed by atoms with Crippen molar-refractivity contribution < 1.29 is 14.3 Å². The number of carbonyl (C=O) groups is 1. The van der Waals surface area contributed by atoms with Crippen molar-refractivity contribution in [3.63, 3.8) is 0 Å². The monoisotopic (exact) mass is 237 g/mol. The summed E-state index contributed by atoms with van der Waals surface area (Å²) >= 11 is 0. The van der Waals surface area contributed by atoms with Gasteiger partial charge in [-0.3, -0.25) is 10.1 Å². The highest BCUT2D eigenvalue weighted by atomic mass is 16.5. The van der Waals surface area contributed by atoms with E-state index in [1.807, 2.05) is 44.2 Å². The molecule has 0 fully saturated rings. The highest BCUT2D eigenvalue weighted by Crippen LogP contribution is 2.07. The van der Waals surface area contributed by atoms with Crippen molar-refractivity contribution in [2.45, 2.75) is 32.9 Å². The molecule has 17 heavy (non-hydrogen) atoms. The molecule has 1 N–H and O–H groups in total. The molecule has 94 valence electrons. The number of nitrogens with one attached hydrogen (secondary N) is 1. The van der Waals surface area contributed by atoms with Gasteiger partial charge in [-0.15, -0.1) is 0 Å². The molecule has 0 heterocycles. The molecule has 4 heteroatoms. The zero-order chi connectivity index (χ0) is 12.7. The van der Waals surface area contributed by atoms with Crippen molar-refractivity contribution in [3.8, 4) is 5.75 Å². The predicted molar refractivity (Wildman–Crippen MR) is 65.8 cm³/mol. The number of esters is 1. The van der Waals surface area contributed by atoms with E-state index in [0.29, 0.717) is 0 Å². The highest BCUT2D eigenvalue weighted by Gasteiger charge is 2.14. The maximum atomic E-state index is 11.5. The van der Waals surface area contributed by atoms with Crippen LogP contribution < -0.4 is 10.1 Å². The summed E-state index contributed by atoms with van der Waals surface area (Å²) in [5, 5.41) is 2.94. The molecule has 0 aliphatic heterocycles. The van der Waals surface area contributed by atoms with Gasteiger partial charge < -0.3 is 9.47 Å². The quantitative estimate of drug-likeness (QED) is 0.607. The predicted octanol–water partition coefficient (Wildman–Crippen LogP) is 1.95. The molecule has 0 aromatic heterocycles. The summed E-state index contributed by atoms with van der Waals surface area (Å²) in [6, 6.07) is 9.05. The Kier molecular flexibility index (Phi) is 5.49. The first-order valence-electron chi connectivity index (χ1n) is 5.71. The first-order chi connectivity index (χ1) is 8.09. The Morgan fingerprint density at radius 1 is 1.24 bits per heavy atom. The Morgan fingerprint density at radius 2 is 1.88 bits per heavy atom. The van der Waals surface area contributed by atoms with Gasteiger partial charge in [0.2, 0.25) is 0 Å². The molecular weight excluding hydrogens is 218 g/mol. The van der Waals surface area contributed by atoms with E-state index in [-0.39, 0.29) is 24.8 Å². The summed E-state index contributed by atoms with van der Waals surface area (Å²) in [6.07, 6.45) is -0.0956. The molecule has 0 aliphatic rings. The van der Waals surface area contributed by atoms with Crippen molar-refractivity contribution >= 4 is 5.97 Å². The molecule has 0 spiro atoms. The van der Waals surface area contributed by atoms with Crippen LogP contribution in [0, 0.1) is 0 Å². The normalized spacial score (nSPS) is 12.2. The SMILES string of the molecule is CC(C)OC(=O)[C@H](C)NCOc1ccccc1. The second kappa shape index (κ2) is 6.91. The molecule has 0 aliphatic carbocycles. The number of ether oxygens (including phenoxy) is 2. The summed E-state index contributed by atoms with van der Waals surface area (Å²) in [5.41, 5.74) is 0. The highest BCUT2D eigenvalue weighted by molar-refractivity contribution is 5.75. The Bertz CT molecular complexity index is 338. The van der Waals surface area contributed by atoms with E-state index in [2.05, 4.69) is 5.32 Å². The zero-order valence-corrected chi connectivity index (χ0v) is 10.5. The molecule has 0 bridgehead atoms. The van der Waals surface area contributed by atoms with Gasteiger partial charge >= 0.3 is 5.97 Å². The Labute approximate surface area is 102 Å². The lowest BCUT2D eigenvalue weighted by molar-refractivity contribution is -0.149. The third-order valence-corrected chi connectivity index (χ3v) is 2.08. The summed E-state index contributed by atoms with van der Waals surface area (Å²) < 4.78 is 10.5. The molecule has 1 aromatic carbocycles. The van der Waals surface area contributed by atoms with Crippen LogP contribution in [0.3, 0.4) is 0 Å². The molecule has 0 radical (unpaired) electrons. The van der Waals surface area contributed by atoms with Crippen molar-refractivity contribution in [1.29, 1.82) is 0 Å². The van der Waals surface area contributed by atoms with E-state index in [9.17, 15) is 4.79 Å². The van der Waals surface area contributed by atoms with E-state index >= 15 is 0 Å². The van der Waals surface area contributed by atoms with Gasteiger partial charge in [-0.1, -0.05) is 18.2 Å². The topological polar surface area (TPSA) is 47.6 Å². The smallest absolute Gasteiger partial charge is 0.323 e. The lowest BCUT2D eigenvalue weighted by atomic mass is 10.3. The summed E-state index contributed by atoms with van der Waals surface area (Å²) in [4.78, 5) is 11.5. The van der Waals surface area contributed by atoms with Crippen LogP contribution in [-0.2, 0) is 9.53 Å². The van der Waals surface area contributed by atoms with Crippen LogP contribution in [-0.4, -0.2) is 24.8 Å².